The lowest BCUT2D eigenvalue weighted by atomic mass is 9.73. The van der Waals surface area contributed by atoms with E-state index in [0.717, 1.165) is 36.5 Å². The van der Waals surface area contributed by atoms with Crippen LogP contribution in [0.4, 0.5) is 5.69 Å². The first kappa shape index (κ1) is 17.2. The van der Waals surface area contributed by atoms with E-state index in [4.69, 9.17) is 4.74 Å². The van der Waals surface area contributed by atoms with Crippen LogP contribution in [0.5, 0.6) is 0 Å². The summed E-state index contributed by atoms with van der Waals surface area (Å²) in [7, 11) is 0. The van der Waals surface area contributed by atoms with Gasteiger partial charge in [-0.05, 0) is 51.0 Å². The molecular formula is C21H25N3O2S. The third kappa shape index (κ3) is 2.86. The molecule has 0 saturated carbocycles. The fourth-order valence-corrected chi connectivity index (χ4v) is 6.03. The minimum atomic E-state index is -0.0310. The lowest BCUT2D eigenvalue weighted by Crippen LogP contribution is -2.41. The van der Waals surface area contributed by atoms with Crippen molar-refractivity contribution in [2.24, 2.45) is 11.8 Å². The molecular weight excluding hydrogens is 358 g/mol. The van der Waals surface area contributed by atoms with Crippen molar-refractivity contribution in [1.29, 1.82) is 0 Å². The number of hydrogen-bond acceptors (Lipinski definition) is 5. The molecule has 0 aromatic carbocycles. The van der Waals surface area contributed by atoms with E-state index in [-0.39, 0.29) is 11.5 Å². The highest BCUT2D eigenvalue weighted by atomic mass is 32.1. The highest BCUT2D eigenvalue weighted by molar-refractivity contribution is 7.13. The van der Waals surface area contributed by atoms with Crippen molar-refractivity contribution in [2.45, 2.75) is 38.4 Å². The first-order valence-electron chi connectivity index (χ1n) is 9.74. The zero-order valence-corrected chi connectivity index (χ0v) is 16.6. The maximum atomic E-state index is 12.5. The van der Waals surface area contributed by atoms with Crippen molar-refractivity contribution < 1.29 is 9.53 Å². The molecule has 0 radical (unpaired) electrons. The molecule has 4 atom stereocenters. The number of amides is 1. The molecule has 3 saturated heterocycles. The van der Waals surface area contributed by atoms with Gasteiger partial charge in [-0.3, -0.25) is 9.78 Å². The number of carbonyl (C=O) groups is 1. The number of aryl methyl sites for hydroxylation is 2. The molecule has 2 aromatic heterocycles. The normalized spacial score (nSPS) is 31.3. The summed E-state index contributed by atoms with van der Waals surface area (Å²) < 4.78 is 6.51. The number of hydrogen-bond donors (Lipinski definition) is 1. The number of nitrogens with zero attached hydrogens (tertiary/aromatic N) is 2. The highest BCUT2D eigenvalue weighted by Gasteiger charge is 2.62. The molecule has 3 aliphatic heterocycles. The maximum Gasteiger partial charge on any atom is 0.261 e. The SMILES string of the molecule is Cc1cc(N2C[C@@H]3[C@H](CNC(=O)c4ccc(C)s4)[C@H]4CC[C@]3(C2)O4)ccn1. The highest BCUT2D eigenvalue weighted by Crippen LogP contribution is 2.55. The Labute approximate surface area is 163 Å². The average molecular weight is 384 g/mol. The van der Waals surface area contributed by atoms with Crippen molar-refractivity contribution in [2.75, 3.05) is 24.5 Å². The standard InChI is InChI=1S/C21H25N3O2S/c1-13-9-15(6-8-22-13)24-11-17-16(18-5-7-21(17,12-24)26-18)10-23-20(25)19-4-3-14(2)27-19/h3-4,6,8-9,16-18H,5,7,10-12H2,1-2H3,(H,23,25)/t16-,17+,18+,21+/m0/s1. The first-order valence-corrected chi connectivity index (χ1v) is 10.6. The third-order valence-electron chi connectivity index (χ3n) is 6.49. The molecule has 0 unspecified atom stereocenters. The summed E-state index contributed by atoms with van der Waals surface area (Å²) in [6.45, 7) is 6.72. The van der Waals surface area contributed by atoms with Crippen LogP contribution in [0, 0.1) is 25.7 Å². The predicted molar refractivity (Wildman–Crippen MR) is 106 cm³/mol. The van der Waals surface area contributed by atoms with Crippen molar-refractivity contribution in [3.8, 4) is 0 Å². The summed E-state index contributed by atoms with van der Waals surface area (Å²) in [5.41, 5.74) is 2.24. The van der Waals surface area contributed by atoms with Crippen LogP contribution in [0.2, 0.25) is 0 Å². The minimum Gasteiger partial charge on any atom is -0.369 e. The summed E-state index contributed by atoms with van der Waals surface area (Å²) in [6.07, 6.45) is 4.42. The molecule has 5 rings (SSSR count). The van der Waals surface area contributed by atoms with Crippen LogP contribution < -0.4 is 10.2 Å². The Kier molecular flexibility index (Phi) is 4.02. The van der Waals surface area contributed by atoms with Gasteiger partial charge in [0.05, 0.1) is 16.6 Å². The number of aromatic nitrogens is 1. The Morgan fingerprint density at radius 1 is 1.41 bits per heavy atom. The molecule has 27 heavy (non-hydrogen) atoms. The molecule has 2 bridgehead atoms. The second-order valence-corrected chi connectivity index (χ2v) is 9.47. The van der Waals surface area contributed by atoms with Gasteiger partial charge in [0.15, 0.2) is 0 Å². The summed E-state index contributed by atoms with van der Waals surface area (Å²) in [6, 6.07) is 8.16. The topological polar surface area (TPSA) is 54.5 Å². The van der Waals surface area contributed by atoms with E-state index in [0.29, 0.717) is 24.5 Å². The number of anilines is 1. The minimum absolute atomic E-state index is 0.0310. The van der Waals surface area contributed by atoms with Crippen LogP contribution >= 0.6 is 11.3 Å². The van der Waals surface area contributed by atoms with E-state index < -0.39 is 0 Å². The van der Waals surface area contributed by atoms with Gasteiger partial charge in [0.1, 0.15) is 0 Å². The molecule has 6 heteroatoms. The van der Waals surface area contributed by atoms with Crippen molar-refractivity contribution in [1.82, 2.24) is 10.3 Å². The quantitative estimate of drug-likeness (QED) is 0.881. The van der Waals surface area contributed by atoms with E-state index in [2.05, 4.69) is 27.3 Å². The molecule has 1 N–H and O–H groups in total. The number of carbonyl (C=O) groups excluding carboxylic acids is 1. The Balaban J connectivity index is 1.30. The fraction of sp³-hybridized carbons (Fsp3) is 0.524. The smallest absolute Gasteiger partial charge is 0.261 e. The van der Waals surface area contributed by atoms with E-state index in [1.807, 2.05) is 32.2 Å². The molecule has 5 heterocycles. The fourth-order valence-electron chi connectivity index (χ4n) is 5.24. The van der Waals surface area contributed by atoms with Gasteiger partial charge < -0.3 is 15.0 Å². The van der Waals surface area contributed by atoms with E-state index in [1.54, 1.807) is 11.3 Å². The molecule has 5 nitrogen and oxygen atoms in total. The molecule has 2 aromatic rings. The lowest BCUT2D eigenvalue weighted by molar-refractivity contribution is 0.0141. The lowest BCUT2D eigenvalue weighted by Gasteiger charge is -2.29. The van der Waals surface area contributed by atoms with Gasteiger partial charge in [-0.15, -0.1) is 11.3 Å². The summed E-state index contributed by atoms with van der Waals surface area (Å²) in [4.78, 5) is 21.2. The molecule has 3 aliphatic rings. The molecule has 1 spiro atoms. The molecule has 0 aliphatic carbocycles. The average Bonchev–Trinajstić information content (AvgIpc) is 3.39. The zero-order chi connectivity index (χ0) is 18.6. The van der Waals surface area contributed by atoms with Crippen LogP contribution in [0.15, 0.2) is 30.5 Å². The van der Waals surface area contributed by atoms with Gasteiger partial charge in [0.2, 0.25) is 0 Å². The van der Waals surface area contributed by atoms with Crippen LogP contribution in [0.1, 0.15) is 33.1 Å². The summed E-state index contributed by atoms with van der Waals surface area (Å²) >= 11 is 1.55. The monoisotopic (exact) mass is 383 g/mol. The van der Waals surface area contributed by atoms with Crippen LogP contribution in [0.25, 0.3) is 0 Å². The van der Waals surface area contributed by atoms with Gasteiger partial charge in [-0.2, -0.15) is 0 Å². The summed E-state index contributed by atoms with van der Waals surface area (Å²) in [5.74, 6) is 0.927. The third-order valence-corrected chi connectivity index (χ3v) is 7.49. The van der Waals surface area contributed by atoms with Gasteiger partial charge >= 0.3 is 0 Å². The number of ether oxygens (including phenoxy) is 1. The number of fused-ring (bicyclic) bond motifs is 1. The van der Waals surface area contributed by atoms with Crippen molar-refractivity contribution in [3.05, 3.63) is 45.9 Å². The Hall–Kier alpha value is -1.92. The Morgan fingerprint density at radius 2 is 2.30 bits per heavy atom. The molecule has 3 fully saturated rings. The first-order chi connectivity index (χ1) is 13.0. The van der Waals surface area contributed by atoms with Gasteiger partial charge in [-0.25, -0.2) is 0 Å². The van der Waals surface area contributed by atoms with Gasteiger partial charge in [0, 0.05) is 53.9 Å². The maximum absolute atomic E-state index is 12.5. The molecule has 1 amide bonds. The van der Waals surface area contributed by atoms with Gasteiger partial charge in [0.25, 0.3) is 5.91 Å². The number of rotatable bonds is 4. The van der Waals surface area contributed by atoms with E-state index in [1.165, 1.54) is 10.6 Å². The number of pyridine rings is 1. The number of thiophene rings is 1. The van der Waals surface area contributed by atoms with Crippen LogP contribution in [0.3, 0.4) is 0 Å². The second-order valence-electron chi connectivity index (χ2n) is 8.19. The van der Waals surface area contributed by atoms with Crippen LogP contribution in [-0.2, 0) is 4.74 Å². The van der Waals surface area contributed by atoms with Crippen LogP contribution in [-0.4, -0.2) is 42.2 Å². The zero-order valence-electron chi connectivity index (χ0n) is 15.8. The number of nitrogens with one attached hydrogen (secondary N) is 1. The molecule has 142 valence electrons. The van der Waals surface area contributed by atoms with E-state index in [9.17, 15) is 4.79 Å². The Bertz CT molecular complexity index is 882. The second kappa shape index (κ2) is 6.31. The largest absolute Gasteiger partial charge is 0.369 e. The summed E-state index contributed by atoms with van der Waals surface area (Å²) in [5, 5.41) is 3.18. The van der Waals surface area contributed by atoms with Crippen molar-refractivity contribution >= 4 is 22.9 Å². The van der Waals surface area contributed by atoms with E-state index >= 15 is 0 Å². The van der Waals surface area contributed by atoms with Crippen molar-refractivity contribution in [3.63, 3.8) is 0 Å². The Morgan fingerprint density at radius 3 is 3.07 bits per heavy atom. The van der Waals surface area contributed by atoms with Gasteiger partial charge in [-0.1, -0.05) is 0 Å². The predicted octanol–water partition coefficient (Wildman–Crippen LogP) is 3.17.